The Hall–Kier alpha value is 0.202. The van der Waals surface area contributed by atoms with Crippen molar-refractivity contribution in [3.8, 4) is 0 Å². The van der Waals surface area contributed by atoms with Gasteiger partial charge < -0.3 is 8.80 Å². The van der Waals surface area contributed by atoms with Crippen molar-refractivity contribution in [2.45, 2.75) is 19.6 Å². The topological polar surface area (TPSA) is 9.23 Å². The Bertz CT molecular complexity index is 140. The highest BCUT2D eigenvalue weighted by atomic mass is 28.3. The molecule has 1 aliphatic rings. The van der Waals surface area contributed by atoms with Crippen LogP contribution in [-0.2, 0) is 4.74 Å². The van der Waals surface area contributed by atoms with Crippen LogP contribution < -0.4 is 0 Å². The minimum atomic E-state index is -0.912. The van der Waals surface area contributed by atoms with E-state index in [-0.39, 0.29) is 0 Å². The van der Waals surface area contributed by atoms with E-state index in [2.05, 4.69) is 19.6 Å². The lowest BCUT2D eigenvalue weighted by molar-refractivity contribution is -0.726. The summed E-state index contributed by atoms with van der Waals surface area (Å²) >= 11 is 0. The standard InChI is InChI=1S/C7H20BNOSi/c1-11(2,3)9(8)4-6-10-7-5-9/h4-7H2,1-3,8H3. The first-order valence-corrected chi connectivity index (χ1v) is 7.38. The summed E-state index contributed by atoms with van der Waals surface area (Å²) < 4.78 is 6.94. The lowest BCUT2D eigenvalue weighted by Crippen LogP contribution is -2.66. The third kappa shape index (κ3) is 1.86. The van der Waals surface area contributed by atoms with Crippen LogP contribution in [0.2, 0.25) is 19.6 Å². The molecular weight excluding hydrogens is 153 g/mol. The molecule has 1 fully saturated rings. The summed E-state index contributed by atoms with van der Waals surface area (Å²) in [7, 11) is -0.464. The summed E-state index contributed by atoms with van der Waals surface area (Å²) in [5, 5.41) is 0. The minimum Gasteiger partial charge on any atom is -0.584 e. The van der Waals surface area contributed by atoms with Gasteiger partial charge in [0.05, 0.1) is 13.2 Å². The highest BCUT2D eigenvalue weighted by Gasteiger charge is 2.34. The third-order valence-corrected chi connectivity index (χ3v) is 4.30. The van der Waals surface area contributed by atoms with E-state index >= 15 is 0 Å². The molecule has 0 amide bonds. The van der Waals surface area contributed by atoms with Crippen molar-refractivity contribution in [3.63, 3.8) is 0 Å². The molecule has 0 N–H and O–H groups in total. The van der Waals surface area contributed by atoms with E-state index < -0.39 is 8.24 Å². The summed E-state index contributed by atoms with van der Waals surface area (Å²) in [5.74, 6) is 0. The van der Waals surface area contributed by atoms with E-state index in [0.717, 1.165) is 13.2 Å². The number of rotatable bonds is 1. The van der Waals surface area contributed by atoms with E-state index in [1.54, 1.807) is 0 Å². The number of hydrogen-bond acceptors (Lipinski definition) is 1. The largest absolute Gasteiger partial charge is 0.584 e. The molecule has 1 heterocycles. The average molecular weight is 173 g/mol. The molecular formula is C7H20BNOSi. The van der Waals surface area contributed by atoms with Crippen molar-refractivity contribution >= 4 is 16.2 Å². The molecule has 0 bridgehead atoms. The molecule has 2 nitrogen and oxygen atoms in total. The van der Waals surface area contributed by atoms with Gasteiger partial charge in [-0.2, -0.15) is 0 Å². The van der Waals surface area contributed by atoms with E-state index in [1.165, 1.54) is 17.1 Å². The van der Waals surface area contributed by atoms with E-state index in [4.69, 9.17) is 4.74 Å². The Balaban J connectivity index is 2.64. The van der Waals surface area contributed by atoms with Gasteiger partial charge in [-0.05, 0) is 19.6 Å². The monoisotopic (exact) mass is 173 g/mol. The second-order valence-electron chi connectivity index (χ2n) is 3.77. The van der Waals surface area contributed by atoms with Crippen LogP contribution in [0.5, 0.6) is 0 Å². The number of quaternary nitrogens is 1. The summed E-state index contributed by atoms with van der Waals surface area (Å²) in [6, 6.07) is 0. The maximum Gasteiger partial charge on any atom is 0.232 e. The average Bonchev–Trinajstić information content (AvgIpc) is 1.87. The van der Waals surface area contributed by atoms with Gasteiger partial charge in [0.15, 0.2) is 7.98 Å². The summed E-state index contributed by atoms with van der Waals surface area (Å²) in [6.07, 6.45) is 0. The smallest absolute Gasteiger partial charge is 0.232 e. The zero-order valence-electron chi connectivity index (χ0n) is 7.18. The molecule has 0 aliphatic carbocycles. The Labute approximate surface area is 71.6 Å². The van der Waals surface area contributed by atoms with Crippen LogP contribution >= 0.6 is 0 Å². The molecule has 0 unspecified atom stereocenters. The van der Waals surface area contributed by atoms with Gasteiger partial charge in [-0.3, -0.25) is 0 Å². The van der Waals surface area contributed by atoms with Crippen molar-refractivity contribution in [1.82, 2.24) is 0 Å². The number of ether oxygens (including phenoxy) is 1. The minimum absolute atomic E-state index is 0.448. The fraction of sp³-hybridized carbons (Fsp3) is 1.00. The lowest BCUT2D eigenvalue weighted by atomic mass is 10.3. The lowest BCUT2D eigenvalue weighted by Gasteiger charge is -2.56. The van der Waals surface area contributed by atoms with Gasteiger partial charge in [-0.25, -0.2) is 0 Å². The Morgan fingerprint density at radius 2 is 1.64 bits per heavy atom. The van der Waals surface area contributed by atoms with E-state index in [9.17, 15) is 0 Å². The van der Waals surface area contributed by atoms with Gasteiger partial charge in [0.2, 0.25) is 8.24 Å². The molecule has 0 radical (unpaired) electrons. The molecule has 66 valence electrons. The third-order valence-electron chi connectivity index (χ3n) is 1.96. The molecule has 0 saturated carbocycles. The van der Waals surface area contributed by atoms with Gasteiger partial charge in [-0.15, -0.1) is 0 Å². The molecule has 11 heavy (non-hydrogen) atoms. The number of morpholine rings is 1. The van der Waals surface area contributed by atoms with Gasteiger partial charge in [0, 0.05) is 13.1 Å². The fourth-order valence-corrected chi connectivity index (χ4v) is 2.76. The van der Waals surface area contributed by atoms with E-state index in [0.29, 0.717) is 7.98 Å². The van der Waals surface area contributed by atoms with Crippen LogP contribution in [-0.4, -0.2) is 46.6 Å². The molecule has 4 heteroatoms. The first-order valence-electron chi connectivity index (χ1n) is 3.93. The molecule has 0 aromatic rings. The SMILES string of the molecule is [BH3-][N+]1([Si](C)(C)C)CCOCC1. The van der Waals surface area contributed by atoms with Crippen molar-refractivity contribution in [3.05, 3.63) is 0 Å². The highest BCUT2D eigenvalue weighted by Crippen LogP contribution is 2.19. The van der Waals surface area contributed by atoms with Crippen LogP contribution in [0.4, 0.5) is 0 Å². The normalized spacial score (nSPS) is 25.1. The second-order valence-corrected chi connectivity index (χ2v) is 8.74. The number of nitrogens with zero attached hydrogens (tertiary/aromatic N) is 1. The fourth-order valence-electron chi connectivity index (χ4n) is 1.23. The molecule has 0 aromatic carbocycles. The first-order chi connectivity index (χ1) is 4.96. The molecule has 0 spiro atoms. The summed E-state index contributed by atoms with van der Waals surface area (Å²) in [4.78, 5) is 0. The highest BCUT2D eigenvalue weighted by molar-refractivity contribution is 6.71. The van der Waals surface area contributed by atoms with Crippen LogP contribution in [0.25, 0.3) is 0 Å². The summed E-state index contributed by atoms with van der Waals surface area (Å²) in [5.41, 5.74) is 0. The molecule has 1 saturated heterocycles. The predicted octanol–water partition coefficient (Wildman–Crippen LogP) is -0.0513. The molecule has 1 aliphatic heterocycles. The van der Waals surface area contributed by atoms with Crippen molar-refractivity contribution in [1.29, 1.82) is 0 Å². The molecule has 0 aromatic heterocycles. The quantitative estimate of drug-likeness (QED) is 0.505. The zero-order valence-corrected chi connectivity index (χ0v) is 8.18. The van der Waals surface area contributed by atoms with Gasteiger partial charge >= 0.3 is 0 Å². The zero-order chi connectivity index (χ0) is 8.54. The van der Waals surface area contributed by atoms with Gasteiger partial charge in [-0.1, -0.05) is 0 Å². The summed E-state index contributed by atoms with van der Waals surface area (Å²) in [6.45, 7) is 12.2. The Morgan fingerprint density at radius 3 is 1.91 bits per heavy atom. The maximum absolute atomic E-state index is 5.41. The molecule has 1 rings (SSSR count). The number of hydrogen-bond donors (Lipinski definition) is 0. The maximum atomic E-state index is 5.41. The second kappa shape index (κ2) is 2.92. The van der Waals surface area contributed by atoms with Crippen molar-refractivity contribution in [2.24, 2.45) is 0 Å². The van der Waals surface area contributed by atoms with E-state index in [1.807, 2.05) is 0 Å². The van der Waals surface area contributed by atoms with Crippen molar-refractivity contribution < 1.29 is 8.80 Å². The van der Waals surface area contributed by atoms with Crippen LogP contribution in [0.15, 0.2) is 0 Å². The molecule has 0 atom stereocenters. The van der Waals surface area contributed by atoms with Gasteiger partial charge in [0.1, 0.15) is 0 Å². The van der Waals surface area contributed by atoms with Gasteiger partial charge in [0.25, 0.3) is 0 Å². The predicted molar refractivity (Wildman–Crippen MR) is 54.1 cm³/mol. The van der Waals surface area contributed by atoms with Crippen molar-refractivity contribution in [2.75, 3.05) is 26.3 Å². The van der Waals surface area contributed by atoms with Crippen LogP contribution in [0.3, 0.4) is 0 Å². The van der Waals surface area contributed by atoms with Crippen LogP contribution in [0.1, 0.15) is 0 Å². The van der Waals surface area contributed by atoms with Crippen LogP contribution in [0, 0.1) is 0 Å². The Kier molecular flexibility index (Phi) is 2.47. The first kappa shape index (κ1) is 9.29. The Morgan fingerprint density at radius 1 is 1.18 bits per heavy atom.